The Hall–Kier alpha value is -0.203. The summed E-state index contributed by atoms with van der Waals surface area (Å²) in [5.41, 5.74) is 0. The molecule has 0 saturated carbocycles. The monoisotopic (exact) mass is 332 g/mol. The van der Waals surface area contributed by atoms with Crippen LogP contribution in [0.2, 0.25) is 18.1 Å². The molecule has 3 atom stereocenters. The maximum atomic E-state index is 9.62. The summed E-state index contributed by atoms with van der Waals surface area (Å²) in [4.78, 5) is 0. The SMILES string of the molecule is C[C@@H](CCC/C=C\[C@H](O)C[C@H](O)CO)O[Si](C)(C)C(C)(C)C. The van der Waals surface area contributed by atoms with E-state index < -0.39 is 20.5 Å². The van der Waals surface area contributed by atoms with E-state index >= 15 is 0 Å². The van der Waals surface area contributed by atoms with Gasteiger partial charge in [-0.25, -0.2) is 0 Å². The van der Waals surface area contributed by atoms with E-state index in [2.05, 4.69) is 40.8 Å². The summed E-state index contributed by atoms with van der Waals surface area (Å²) in [6, 6.07) is 0. The van der Waals surface area contributed by atoms with Crippen LogP contribution in [0.25, 0.3) is 0 Å². The number of aliphatic hydroxyl groups is 3. The lowest BCUT2D eigenvalue weighted by Crippen LogP contribution is -2.43. The van der Waals surface area contributed by atoms with Crippen LogP contribution in [0.15, 0.2) is 12.2 Å². The quantitative estimate of drug-likeness (QED) is 0.326. The first-order valence-corrected chi connectivity index (χ1v) is 11.2. The second-order valence-electron chi connectivity index (χ2n) is 7.69. The summed E-state index contributed by atoms with van der Waals surface area (Å²) in [5, 5.41) is 27.8. The fourth-order valence-electron chi connectivity index (χ4n) is 1.95. The second-order valence-corrected chi connectivity index (χ2v) is 12.4. The predicted octanol–water partition coefficient (Wildman–Crippen LogP) is 3.23. The molecule has 0 saturated heterocycles. The summed E-state index contributed by atoms with van der Waals surface area (Å²) in [7, 11) is -1.69. The van der Waals surface area contributed by atoms with Crippen LogP contribution in [0.5, 0.6) is 0 Å². The first-order chi connectivity index (χ1) is 9.99. The van der Waals surface area contributed by atoms with Crippen molar-refractivity contribution in [2.24, 2.45) is 0 Å². The van der Waals surface area contributed by atoms with Crippen molar-refractivity contribution in [2.75, 3.05) is 6.61 Å². The van der Waals surface area contributed by atoms with Crippen LogP contribution in [0.1, 0.15) is 53.4 Å². The number of hydrogen-bond donors (Lipinski definition) is 3. The largest absolute Gasteiger partial charge is 0.414 e. The number of aliphatic hydroxyl groups excluding tert-OH is 3. The van der Waals surface area contributed by atoms with E-state index in [1.54, 1.807) is 6.08 Å². The standard InChI is InChI=1S/C17H36O4Si/c1-14(21-22(5,6)17(2,3)4)10-8-7-9-11-15(19)12-16(20)13-18/h9,11,14-16,18-20H,7-8,10,12-13H2,1-6H3/b11-9-/t14-,15-,16-/m0/s1. The third kappa shape index (κ3) is 9.05. The Morgan fingerprint density at radius 2 is 1.77 bits per heavy atom. The lowest BCUT2D eigenvalue weighted by Gasteiger charge is -2.38. The molecule has 0 aromatic rings. The van der Waals surface area contributed by atoms with Crippen molar-refractivity contribution in [2.45, 2.75) is 89.8 Å². The van der Waals surface area contributed by atoms with Crippen LogP contribution in [0.4, 0.5) is 0 Å². The van der Waals surface area contributed by atoms with Gasteiger partial charge in [0.05, 0.1) is 18.8 Å². The van der Waals surface area contributed by atoms with Gasteiger partial charge in [0.2, 0.25) is 0 Å². The molecular weight excluding hydrogens is 296 g/mol. The first kappa shape index (κ1) is 21.8. The van der Waals surface area contributed by atoms with Gasteiger partial charge in [0.15, 0.2) is 8.32 Å². The molecule has 0 aliphatic rings. The van der Waals surface area contributed by atoms with Gasteiger partial charge in [0, 0.05) is 12.5 Å². The van der Waals surface area contributed by atoms with Crippen molar-refractivity contribution >= 4 is 8.32 Å². The topological polar surface area (TPSA) is 69.9 Å². The maximum Gasteiger partial charge on any atom is 0.192 e. The van der Waals surface area contributed by atoms with Gasteiger partial charge < -0.3 is 19.7 Å². The summed E-state index contributed by atoms with van der Waals surface area (Å²) in [5.74, 6) is 0. The Labute approximate surface area is 137 Å². The highest BCUT2D eigenvalue weighted by molar-refractivity contribution is 6.74. The molecular formula is C17H36O4Si. The van der Waals surface area contributed by atoms with Crippen molar-refractivity contribution < 1.29 is 19.7 Å². The second kappa shape index (κ2) is 9.83. The fraction of sp³-hybridized carbons (Fsp3) is 0.882. The van der Waals surface area contributed by atoms with E-state index in [4.69, 9.17) is 9.53 Å². The Bertz CT molecular complexity index is 323. The van der Waals surface area contributed by atoms with Gasteiger partial charge in [0.1, 0.15) is 0 Å². The zero-order valence-electron chi connectivity index (χ0n) is 15.2. The molecule has 5 heteroatoms. The molecule has 0 amide bonds. The first-order valence-electron chi connectivity index (χ1n) is 8.31. The van der Waals surface area contributed by atoms with Crippen molar-refractivity contribution in [3.05, 3.63) is 12.2 Å². The van der Waals surface area contributed by atoms with Crippen LogP contribution in [-0.4, -0.2) is 48.6 Å². The highest BCUT2D eigenvalue weighted by atomic mass is 28.4. The molecule has 0 aromatic carbocycles. The summed E-state index contributed by atoms with van der Waals surface area (Å²) in [6.07, 6.45) is 5.44. The Morgan fingerprint density at radius 3 is 2.27 bits per heavy atom. The van der Waals surface area contributed by atoms with E-state index in [0.717, 1.165) is 19.3 Å². The molecule has 0 radical (unpaired) electrons. The van der Waals surface area contributed by atoms with Gasteiger partial charge >= 0.3 is 0 Å². The third-order valence-electron chi connectivity index (χ3n) is 4.37. The molecule has 3 N–H and O–H groups in total. The summed E-state index contributed by atoms with van der Waals surface area (Å²) in [6.45, 7) is 13.1. The van der Waals surface area contributed by atoms with Crippen LogP contribution < -0.4 is 0 Å². The van der Waals surface area contributed by atoms with E-state index in [-0.39, 0.29) is 24.2 Å². The zero-order valence-corrected chi connectivity index (χ0v) is 16.2. The molecule has 22 heavy (non-hydrogen) atoms. The molecule has 0 aliphatic carbocycles. The smallest absolute Gasteiger partial charge is 0.192 e. The van der Waals surface area contributed by atoms with Crippen LogP contribution in [-0.2, 0) is 4.43 Å². The number of unbranched alkanes of at least 4 members (excludes halogenated alkanes) is 1. The van der Waals surface area contributed by atoms with Gasteiger partial charge in [-0.2, -0.15) is 0 Å². The molecule has 0 aromatic heterocycles. The average Bonchev–Trinajstić information content (AvgIpc) is 2.36. The van der Waals surface area contributed by atoms with Gasteiger partial charge in [-0.05, 0) is 44.3 Å². The normalized spacial score (nSPS) is 17.7. The molecule has 4 nitrogen and oxygen atoms in total. The van der Waals surface area contributed by atoms with Crippen molar-refractivity contribution in [3.63, 3.8) is 0 Å². The molecule has 0 heterocycles. The van der Waals surface area contributed by atoms with E-state index in [1.807, 2.05) is 6.08 Å². The van der Waals surface area contributed by atoms with Crippen LogP contribution in [0.3, 0.4) is 0 Å². The summed E-state index contributed by atoms with van der Waals surface area (Å²) >= 11 is 0. The number of allylic oxidation sites excluding steroid dienone is 1. The fourth-order valence-corrected chi connectivity index (χ4v) is 3.42. The predicted molar refractivity (Wildman–Crippen MR) is 94.5 cm³/mol. The van der Waals surface area contributed by atoms with E-state index in [9.17, 15) is 10.2 Å². The molecule has 132 valence electrons. The minimum Gasteiger partial charge on any atom is -0.414 e. The van der Waals surface area contributed by atoms with Crippen LogP contribution >= 0.6 is 0 Å². The maximum absolute atomic E-state index is 9.62. The average molecular weight is 333 g/mol. The minimum atomic E-state index is -1.69. The highest BCUT2D eigenvalue weighted by Crippen LogP contribution is 2.37. The Kier molecular flexibility index (Phi) is 9.74. The van der Waals surface area contributed by atoms with E-state index in [1.165, 1.54) is 0 Å². The zero-order chi connectivity index (χ0) is 17.4. The number of rotatable bonds is 10. The van der Waals surface area contributed by atoms with Crippen molar-refractivity contribution in [1.82, 2.24) is 0 Å². The Morgan fingerprint density at radius 1 is 1.18 bits per heavy atom. The highest BCUT2D eigenvalue weighted by Gasteiger charge is 2.38. The van der Waals surface area contributed by atoms with Gasteiger partial charge in [-0.15, -0.1) is 0 Å². The molecule has 0 rings (SSSR count). The molecule has 0 spiro atoms. The molecule has 0 bridgehead atoms. The third-order valence-corrected chi connectivity index (χ3v) is 8.97. The van der Waals surface area contributed by atoms with Gasteiger partial charge in [0.25, 0.3) is 0 Å². The summed E-state index contributed by atoms with van der Waals surface area (Å²) < 4.78 is 6.30. The van der Waals surface area contributed by atoms with Crippen molar-refractivity contribution in [1.29, 1.82) is 0 Å². The van der Waals surface area contributed by atoms with Gasteiger partial charge in [-0.1, -0.05) is 32.9 Å². The van der Waals surface area contributed by atoms with Gasteiger partial charge in [-0.3, -0.25) is 0 Å². The van der Waals surface area contributed by atoms with E-state index in [0.29, 0.717) is 0 Å². The lowest BCUT2D eigenvalue weighted by molar-refractivity contribution is 0.0556. The lowest BCUT2D eigenvalue weighted by atomic mass is 10.1. The van der Waals surface area contributed by atoms with Crippen LogP contribution in [0, 0.1) is 0 Å². The van der Waals surface area contributed by atoms with Crippen molar-refractivity contribution in [3.8, 4) is 0 Å². The molecule has 0 fully saturated rings. The molecule has 0 unspecified atom stereocenters. The number of hydrogen-bond acceptors (Lipinski definition) is 4. The Balaban J connectivity index is 3.97. The molecule has 0 aliphatic heterocycles. The minimum absolute atomic E-state index is 0.178.